The Balaban J connectivity index is 1.77. The molecule has 5 nitrogen and oxygen atoms in total. The molecule has 0 aromatic heterocycles. The van der Waals surface area contributed by atoms with E-state index in [0.29, 0.717) is 5.56 Å². The normalized spacial score (nSPS) is 10.4. The molecule has 0 bridgehead atoms. The minimum absolute atomic E-state index is 0.135. The van der Waals surface area contributed by atoms with Gasteiger partial charge in [0.25, 0.3) is 11.8 Å². The van der Waals surface area contributed by atoms with Crippen LogP contribution in [0, 0.1) is 0 Å². The lowest BCUT2D eigenvalue weighted by Gasteiger charge is -2.03. The van der Waals surface area contributed by atoms with Gasteiger partial charge < -0.3 is 5.32 Å². The molecule has 0 saturated heterocycles. The van der Waals surface area contributed by atoms with Crippen molar-refractivity contribution in [2.75, 3.05) is 6.54 Å². The van der Waals surface area contributed by atoms with E-state index in [1.807, 2.05) is 30.3 Å². The number of carbonyl (C=O) groups excluding carboxylic acids is 2. The van der Waals surface area contributed by atoms with Crippen LogP contribution in [0.15, 0.2) is 64.2 Å². The van der Waals surface area contributed by atoms with Gasteiger partial charge in [0, 0.05) is 10.0 Å². The van der Waals surface area contributed by atoms with E-state index in [1.165, 1.54) is 6.21 Å². The first-order chi connectivity index (χ1) is 10.6. The van der Waals surface area contributed by atoms with E-state index in [9.17, 15) is 9.59 Å². The van der Waals surface area contributed by atoms with E-state index in [4.69, 9.17) is 0 Å². The standard InChI is InChI=1S/C16H14BrN3O2/c17-14-8-4-5-12(9-14)10-19-20-15(21)11-18-16(22)13-6-2-1-3-7-13/h1-10H,11H2,(H,18,22)(H,20,21). The van der Waals surface area contributed by atoms with Gasteiger partial charge in [-0.15, -0.1) is 0 Å². The van der Waals surface area contributed by atoms with Crippen LogP contribution in [0.5, 0.6) is 0 Å². The number of carbonyl (C=O) groups is 2. The minimum atomic E-state index is -0.393. The van der Waals surface area contributed by atoms with Crippen molar-refractivity contribution in [3.05, 3.63) is 70.2 Å². The van der Waals surface area contributed by atoms with Crippen LogP contribution < -0.4 is 10.7 Å². The maximum atomic E-state index is 11.7. The highest BCUT2D eigenvalue weighted by molar-refractivity contribution is 9.10. The molecule has 0 aliphatic rings. The van der Waals surface area contributed by atoms with Crippen LogP contribution in [0.3, 0.4) is 0 Å². The Morgan fingerprint density at radius 1 is 1.09 bits per heavy atom. The summed E-state index contributed by atoms with van der Waals surface area (Å²) in [5.41, 5.74) is 3.72. The second kappa shape index (κ2) is 8.09. The quantitative estimate of drug-likeness (QED) is 0.635. The number of nitrogens with one attached hydrogen (secondary N) is 2. The van der Waals surface area contributed by atoms with Gasteiger partial charge in [-0.1, -0.05) is 46.3 Å². The Bertz CT molecular complexity index is 687. The van der Waals surface area contributed by atoms with E-state index in [2.05, 4.69) is 31.8 Å². The molecule has 6 heteroatoms. The smallest absolute Gasteiger partial charge is 0.259 e. The van der Waals surface area contributed by atoms with Crippen LogP contribution in [0.2, 0.25) is 0 Å². The van der Waals surface area contributed by atoms with Gasteiger partial charge in [-0.05, 0) is 29.8 Å². The molecule has 0 aliphatic carbocycles. The van der Waals surface area contributed by atoms with Gasteiger partial charge in [0.05, 0.1) is 12.8 Å². The summed E-state index contributed by atoms with van der Waals surface area (Å²) < 4.78 is 0.929. The second-order valence-electron chi connectivity index (χ2n) is 4.40. The molecule has 0 atom stereocenters. The molecule has 0 spiro atoms. The van der Waals surface area contributed by atoms with E-state index >= 15 is 0 Å². The van der Waals surface area contributed by atoms with Crippen molar-refractivity contribution in [2.45, 2.75) is 0 Å². The zero-order chi connectivity index (χ0) is 15.8. The summed E-state index contributed by atoms with van der Waals surface area (Å²) in [6.07, 6.45) is 1.53. The van der Waals surface area contributed by atoms with Gasteiger partial charge in [-0.25, -0.2) is 5.43 Å². The van der Waals surface area contributed by atoms with Gasteiger partial charge in [0.1, 0.15) is 0 Å². The zero-order valence-electron chi connectivity index (χ0n) is 11.6. The first-order valence-corrected chi connectivity index (χ1v) is 7.35. The Kier molecular flexibility index (Phi) is 5.85. The second-order valence-corrected chi connectivity index (χ2v) is 5.31. The summed E-state index contributed by atoms with van der Waals surface area (Å²) in [6, 6.07) is 16.2. The summed E-state index contributed by atoms with van der Waals surface area (Å²) in [5, 5.41) is 6.36. The maximum absolute atomic E-state index is 11.7. The number of hydrazone groups is 1. The summed E-state index contributed by atoms with van der Waals surface area (Å²) in [6.45, 7) is -0.135. The minimum Gasteiger partial charge on any atom is -0.343 e. The Morgan fingerprint density at radius 2 is 1.86 bits per heavy atom. The Morgan fingerprint density at radius 3 is 2.59 bits per heavy atom. The molecule has 22 heavy (non-hydrogen) atoms. The van der Waals surface area contributed by atoms with Crippen molar-refractivity contribution in [3.8, 4) is 0 Å². The fourth-order valence-electron chi connectivity index (χ4n) is 1.66. The molecule has 0 radical (unpaired) electrons. The van der Waals surface area contributed by atoms with Gasteiger partial charge in [-0.3, -0.25) is 9.59 Å². The van der Waals surface area contributed by atoms with E-state index in [1.54, 1.807) is 24.3 Å². The van der Waals surface area contributed by atoms with Crippen LogP contribution in [-0.2, 0) is 4.79 Å². The average molecular weight is 360 g/mol. The Hall–Kier alpha value is -2.47. The van der Waals surface area contributed by atoms with E-state index in [0.717, 1.165) is 10.0 Å². The number of amides is 2. The highest BCUT2D eigenvalue weighted by Crippen LogP contribution is 2.09. The Labute approximate surface area is 136 Å². The average Bonchev–Trinajstić information content (AvgIpc) is 2.53. The van der Waals surface area contributed by atoms with Crippen LogP contribution in [0.4, 0.5) is 0 Å². The predicted molar refractivity (Wildman–Crippen MR) is 88.7 cm³/mol. The maximum Gasteiger partial charge on any atom is 0.259 e. The number of halogens is 1. The fourth-order valence-corrected chi connectivity index (χ4v) is 2.07. The third kappa shape index (κ3) is 5.14. The molecule has 0 saturated carbocycles. The highest BCUT2D eigenvalue weighted by atomic mass is 79.9. The molecule has 2 N–H and O–H groups in total. The first-order valence-electron chi connectivity index (χ1n) is 6.56. The molecule has 112 valence electrons. The fraction of sp³-hybridized carbons (Fsp3) is 0.0625. The van der Waals surface area contributed by atoms with Crippen molar-refractivity contribution in [3.63, 3.8) is 0 Å². The lowest BCUT2D eigenvalue weighted by atomic mass is 10.2. The molecule has 2 aromatic carbocycles. The number of benzene rings is 2. The predicted octanol–water partition coefficient (Wildman–Crippen LogP) is 2.33. The third-order valence-corrected chi connectivity index (χ3v) is 3.19. The summed E-state index contributed by atoms with van der Waals surface area (Å²) in [5.74, 6) is -0.692. The van der Waals surface area contributed by atoms with E-state index in [-0.39, 0.29) is 12.5 Å². The topological polar surface area (TPSA) is 70.6 Å². The van der Waals surface area contributed by atoms with Crippen molar-refractivity contribution in [1.29, 1.82) is 0 Å². The number of hydrogen-bond donors (Lipinski definition) is 2. The molecule has 0 fully saturated rings. The van der Waals surface area contributed by atoms with Gasteiger partial charge in [0.2, 0.25) is 0 Å². The molecular formula is C16H14BrN3O2. The first kappa shape index (κ1) is 15.9. The molecule has 2 amide bonds. The van der Waals surface area contributed by atoms with Crippen molar-refractivity contribution in [1.82, 2.24) is 10.7 Å². The van der Waals surface area contributed by atoms with Crippen LogP contribution in [0.25, 0.3) is 0 Å². The lowest BCUT2D eigenvalue weighted by Crippen LogP contribution is -2.34. The third-order valence-electron chi connectivity index (χ3n) is 2.70. The van der Waals surface area contributed by atoms with Crippen LogP contribution in [0.1, 0.15) is 15.9 Å². The van der Waals surface area contributed by atoms with Gasteiger partial charge in [0.15, 0.2) is 0 Å². The molecule has 2 aromatic rings. The number of rotatable bonds is 5. The largest absolute Gasteiger partial charge is 0.343 e. The number of nitrogens with zero attached hydrogens (tertiary/aromatic N) is 1. The van der Waals surface area contributed by atoms with Gasteiger partial charge >= 0.3 is 0 Å². The van der Waals surface area contributed by atoms with Crippen LogP contribution in [-0.4, -0.2) is 24.6 Å². The zero-order valence-corrected chi connectivity index (χ0v) is 13.2. The van der Waals surface area contributed by atoms with Crippen LogP contribution >= 0.6 is 15.9 Å². The van der Waals surface area contributed by atoms with Crippen molar-refractivity contribution in [2.24, 2.45) is 5.10 Å². The van der Waals surface area contributed by atoms with Crippen molar-refractivity contribution >= 4 is 34.0 Å². The molecular weight excluding hydrogens is 346 g/mol. The molecule has 2 rings (SSSR count). The lowest BCUT2D eigenvalue weighted by molar-refractivity contribution is -0.120. The van der Waals surface area contributed by atoms with Gasteiger partial charge in [-0.2, -0.15) is 5.10 Å². The summed E-state index contributed by atoms with van der Waals surface area (Å²) >= 11 is 3.35. The number of hydrogen-bond acceptors (Lipinski definition) is 3. The molecule has 0 unspecified atom stereocenters. The molecule has 0 aliphatic heterocycles. The highest BCUT2D eigenvalue weighted by Gasteiger charge is 2.06. The van der Waals surface area contributed by atoms with Crippen molar-refractivity contribution < 1.29 is 9.59 Å². The molecule has 0 heterocycles. The monoisotopic (exact) mass is 359 g/mol. The summed E-state index contributed by atoms with van der Waals surface area (Å²) in [4.78, 5) is 23.3. The summed E-state index contributed by atoms with van der Waals surface area (Å²) in [7, 11) is 0. The SMILES string of the molecule is O=C(CNC(=O)c1ccccc1)NN=Cc1cccc(Br)c1. The van der Waals surface area contributed by atoms with E-state index < -0.39 is 5.91 Å².